The molecule has 0 heterocycles. The highest BCUT2D eigenvalue weighted by molar-refractivity contribution is 6.39. The van der Waals surface area contributed by atoms with Crippen LogP contribution in [0.1, 0.15) is 18.5 Å². The predicted molar refractivity (Wildman–Crippen MR) is 105 cm³/mol. The highest BCUT2D eigenvalue weighted by Crippen LogP contribution is 2.29. The summed E-state index contributed by atoms with van der Waals surface area (Å²) in [7, 11) is 0. The van der Waals surface area contributed by atoms with Gasteiger partial charge in [-0.2, -0.15) is 0 Å². The van der Waals surface area contributed by atoms with Gasteiger partial charge in [0.2, 0.25) is 0 Å². The van der Waals surface area contributed by atoms with Crippen LogP contribution in [0, 0.1) is 0 Å². The number of hydrogen-bond acceptors (Lipinski definition) is 3. The molecule has 27 heavy (non-hydrogen) atoms. The van der Waals surface area contributed by atoms with Gasteiger partial charge in [-0.25, -0.2) is 0 Å². The van der Waals surface area contributed by atoms with E-state index in [1.807, 2.05) is 67.6 Å². The summed E-state index contributed by atoms with van der Waals surface area (Å²) < 4.78 is 5.79. The second-order valence-electron chi connectivity index (χ2n) is 5.97. The molecular formula is C22H20N2O3. The van der Waals surface area contributed by atoms with E-state index in [9.17, 15) is 9.59 Å². The Morgan fingerprint density at radius 1 is 0.778 bits per heavy atom. The highest BCUT2D eigenvalue weighted by Gasteiger charge is 2.18. The number of para-hydroxylation sites is 3. The lowest BCUT2D eigenvalue weighted by molar-refractivity contribution is -0.136. The number of hydrogen-bond donors (Lipinski definition) is 2. The second kappa shape index (κ2) is 8.67. The Labute approximate surface area is 158 Å². The van der Waals surface area contributed by atoms with Gasteiger partial charge in [-0.05, 0) is 36.8 Å². The number of amides is 2. The molecule has 0 bridgehead atoms. The average molecular weight is 360 g/mol. The van der Waals surface area contributed by atoms with E-state index >= 15 is 0 Å². The minimum absolute atomic E-state index is 0.278. The van der Waals surface area contributed by atoms with Gasteiger partial charge < -0.3 is 15.4 Å². The molecule has 0 saturated heterocycles. The molecule has 2 N–H and O–H groups in total. The second-order valence-corrected chi connectivity index (χ2v) is 5.97. The van der Waals surface area contributed by atoms with Gasteiger partial charge in [0.25, 0.3) is 0 Å². The van der Waals surface area contributed by atoms with Crippen molar-refractivity contribution in [3.63, 3.8) is 0 Å². The first kappa shape index (κ1) is 18.2. The van der Waals surface area contributed by atoms with Crippen molar-refractivity contribution < 1.29 is 14.3 Å². The normalized spacial score (nSPS) is 11.3. The summed E-state index contributed by atoms with van der Waals surface area (Å²) >= 11 is 0. The third-order valence-corrected chi connectivity index (χ3v) is 3.96. The van der Waals surface area contributed by atoms with Crippen molar-refractivity contribution in [3.05, 3.63) is 90.5 Å². The van der Waals surface area contributed by atoms with Crippen LogP contribution in [0.25, 0.3) is 0 Å². The van der Waals surface area contributed by atoms with Crippen LogP contribution < -0.4 is 15.4 Å². The Kier molecular flexibility index (Phi) is 5.84. The van der Waals surface area contributed by atoms with Crippen molar-refractivity contribution in [2.24, 2.45) is 0 Å². The molecule has 0 fully saturated rings. The van der Waals surface area contributed by atoms with Crippen LogP contribution in [-0.2, 0) is 9.59 Å². The van der Waals surface area contributed by atoms with E-state index in [0.29, 0.717) is 17.2 Å². The van der Waals surface area contributed by atoms with Crippen molar-refractivity contribution in [1.82, 2.24) is 5.32 Å². The molecule has 1 atom stereocenters. The average Bonchev–Trinajstić information content (AvgIpc) is 2.71. The van der Waals surface area contributed by atoms with Gasteiger partial charge in [-0.15, -0.1) is 0 Å². The minimum Gasteiger partial charge on any atom is -0.455 e. The van der Waals surface area contributed by atoms with Gasteiger partial charge >= 0.3 is 11.8 Å². The van der Waals surface area contributed by atoms with Crippen molar-refractivity contribution in [2.75, 3.05) is 5.32 Å². The summed E-state index contributed by atoms with van der Waals surface area (Å²) in [6, 6.07) is 25.4. The molecule has 5 heteroatoms. The molecule has 0 saturated carbocycles. The van der Waals surface area contributed by atoms with Crippen molar-refractivity contribution in [2.45, 2.75) is 13.0 Å². The zero-order valence-electron chi connectivity index (χ0n) is 14.9. The van der Waals surface area contributed by atoms with E-state index < -0.39 is 11.8 Å². The summed E-state index contributed by atoms with van der Waals surface area (Å²) in [6.45, 7) is 1.83. The largest absolute Gasteiger partial charge is 0.455 e. The maximum absolute atomic E-state index is 12.3. The predicted octanol–water partition coefficient (Wildman–Crippen LogP) is 4.29. The quantitative estimate of drug-likeness (QED) is 0.667. The molecule has 3 rings (SSSR count). The van der Waals surface area contributed by atoms with E-state index in [4.69, 9.17) is 4.74 Å². The number of carbonyl (C=O) groups excluding carboxylic acids is 2. The Morgan fingerprint density at radius 3 is 2.07 bits per heavy atom. The van der Waals surface area contributed by atoms with Crippen molar-refractivity contribution in [1.29, 1.82) is 0 Å². The Morgan fingerprint density at radius 2 is 1.37 bits per heavy atom. The third kappa shape index (κ3) is 4.95. The van der Waals surface area contributed by atoms with Crippen LogP contribution in [0.15, 0.2) is 84.9 Å². The molecule has 0 unspecified atom stereocenters. The molecule has 0 aliphatic carbocycles. The van der Waals surface area contributed by atoms with Crippen LogP contribution in [-0.4, -0.2) is 11.8 Å². The first-order valence-corrected chi connectivity index (χ1v) is 8.62. The Balaban J connectivity index is 1.66. The van der Waals surface area contributed by atoms with E-state index in [1.165, 1.54) is 0 Å². The summed E-state index contributed by atoms with van der Waals surface area (Å²) in [6.07, 6.45) is 0. The SMILES string of the molecule is C[C@@H](NC(=O)C(=O)Nc1ccccc1Oc1ccccc1)c1ccccc1. The third-order valence-electron chi connectivity index (χ3n) is 3.96. The molecule has 3 aromatic rings. The van der Waals surface area contributed by atoms with Crippen LogP contribution in [0.2, 0.25) is 0 Å². The van der Waals surface area contributed by atoms with Crippen LogP contribution in [0.4, 0.5) is 5.69 Å². The number of anilines is 1. The lowest BCUT2D eigenvalue weighted by Crippen LogP contribution is -2.36. The molecule has 5 nitrogen and oxygen atoms in total. The van der Waals surface area contributed by atoms with Crippen LogP contribution in [0.3, 0.4) is 0 Å². The van der Waals surface area contributed by atoms with E-state index in [1.54, 1.807) is 24.3 Å². The smallest absolute Gasteiger partial charge is 0.313 e. The van der Waals surface area contributed by atoms with Crippen molar-refractivity contribution in [3.8, 4) is 11.5 Å². The summed E-state index contributed by atoms with van der Waals surface area (Å²) in [5.41, 5.74) is 1.35. The van der Waals surface area contributed by atoms with Crippen molar-refractivity contribution >= 4 is 17.5 Å². The maximum Gasteiger partial charge on any atom is 0.313 e. The Bertz CT molecular complexity index is 911. The van der Waals surface area contributed by atoms with E-state index in [-0.39, 0.29) is 6.04 Å². The molecule has 0 aliphatic heterocycles. The molecule has 0 aromatic heterocycles. The first-order valence-electron chi connectivity index (χ1n) is 8.62. The van der Waals surface area contributed by atoms with Gasteiger partial charge in [0.15, 0.2) is 5.75 Å². The zero-order chi connectivity index (χ0) is 19.1. The summed E-state index contributed by atoms with van der Waals surface area (Å²) in [5, 5.41) is 5.30. The van der Waals surface area contributed by atoms with Gasteiger partial charge in [-0.1, -0.05) is 60.7 Å². The summed E-state index contributed by atoms with van der Waals surface area (Å²) in [5.74, 6) is -0.356. The monoisotopic (exact) mass is 360 g/mol. The minimum atomic E-state index is -0.748. The molecule has 0 aliphatic rings. The lowest BCUT2D eigenvalue weighted by atomic mass is 10.1. The topological polar surface area (TPSA) is 67.4 Å². The maximum atomic E-state index is 12.3. The van der Waals surface area contributed by atoms with Crippen LogP contribution >= 0.6 is 0 Å². The number of benzene rings is 3. The van der Waals surface area contributed by atoms with E-state index in [0.717, 1.165) is 5.56 Å². The number of rotatable bonds is 5. The molecule has 136 valence electrons. The standard InChI is InChI=1S/C22H20N2O3/c1-16(17-10-4-2-5-11-17)23-21(25)22(26)24-19-14-8-9-15-20(19)27-18-12-6-3-7-13-18/h2-16H,1H3,(H,23,25)(H,24,26)/t16-/m1/s1. The van der Waals surface area contributed by atoms with Gasteiger partial charge in [0, 0.05) is 0 Å². The zero-order valence-corrected chi connectivity index (χ0v) is 14.9. The molecule has 0 radical (unpaired) electrons. The van der Waals surface area contributed by atoms with Gasteiger partial charge in [0.05, 0.1) is 11.7 Å². The molecule has 0 spiro atoms. The first-order chi connectivity index (χ1) is 13.1. The number of carbonyl (C=O) groups is 2. The number of nitrogens with one attached hydrogen (secondary N) is 2. The molecular weight excluding hydrogens is 340 g/mol. The fraction of sp³-hybridized carbons (Fsp3) is 0.0909. The summed E-state index contributed by atoms with van der Waals surface area (Å²) in [4.78, 5) is 24.5. The van der Waals surface area contributed by atoms with Gasteiger partial charge in [-0.3, -0.25) is 9.59 Å². The highest BCUT2D eigenvalue weighted by atomic mass is 16.5. The van der Waals surface area contributed by atoms with E-state index in [2.05, 4.69) is 10.6 Å². The molecule has 3 aromatic carbocycles. The fourth-order valence-electron chi connectivity index (χ4n) is 2.54. The fourth-order valence-corrected chi connectivity index (χ4v) is 2.54. The Hall–Kier alpha value is -3.60. The number of ether oxygens (including phenoxy) is 1. The molecule has 2 amide bonds. The lowest BCUT2D eigenvalue weighted by Gasteiger charge is -2.15. The van der Waals surface area contributed by atoms with Gasteiger partial charge in [0.1, 0.15) is 5.75 Å². The van der Waals surface area contributed by atoms with Crippen LogP contribution in [0.5, 0.6) is 11.5 Å².